The molecular weight excluding hydrogens is 274 g/mol. The molecule has 2 nitrogen and oxygen atoms in total. The van der Waals surface area contributed by atoms with E-state index in [2.05, 4.69) is 0 Å². The molecule has 3 rings (SSSR count). The molecule has 0 bridgehead atoms. The second kappa shape index (κ2) is 4.97. The van der Waals surface area contributed by atoms with Gasteiger partial charge >= 0.3 is 0 Å². The maximum absolute atomic E-state index is 13.9. The first kappa shape index (κ1) is 13.8. The van der Waals surface area contributed by atoms with Gasteiger partial charge in [-0.3, -0.25) is 0 Å². The van der Waals surface area contributed by atoms with Gasteiger partial charge in [-0.05, 0) is 37.6 Å². The molecule has 1 N–H and O–H groups in total. The summed E-state index contributed by atoms with van der Waals surface area (Å²) >= 11 is 0. The Kier molecular flexibility index (Phi) is 3.26. The van der Waals surface area contributed by atoms with E-state index < -0.39 is 17.7 Å². The number of aliphatic hydroxyl groups is 1. The Morgan fingerprint density at radius 2 is 1.76 bits per heavy atom. The Balaban J connectivity index is 2.08. The van der Waals surface area contributed by atoms with Crippen LogP contribution < -0.4 is 0 Å². The summed E-state index contributed by atoms with van der Waals surface area (Å²) in [5.41, 5.74) is 1.72. The van der Waals surface area contributed by atoms with Crippen LogP contribution in [-0.2, 0) is 0 Å². The molecule has 1 heterocycles. The minimum absolute atomic E-state index is 0.131. The molecule has 0 aliphatic heterocycles. The van der Waals surface area contributed by atoms with E-state index in [9.17, 15) is 13.9 Å². The topological polar surface area (TPSA) is 33.4 Å². The Morgan fingerprint density at radius 3 is 2.52 bits per heavy atom. The zero-order chi connectivity index (χ0) is 15.1. The van der Waals surface area contributed by atoms with E-state index in [1.165, 1.54) is 19.1 Å². The highest BCUT2D eigenvalue weighted by Crippen LogP contribution is 2.31. The van der Waals surface area contributed by atoms with Crippen molar-refractivity contribution in [3.63, 3.8) is 0 Å². The van der Waals surface area contributed by atoms with E-state index in [0.29, 0.717) is 5.58 Å². The van der Waals surface area contributed by atoms with E-state index in [-0.39, 0.29) is 16.9 Å². The first-order valence-electron chi connectivity index (χ1n) is 6.60. The van der Waals surface area contributed by atoms with Crippen LogP contribution >= 0.6 is 0 Å². The lowest BCUT2D eigenvalue weighted by Crippen LogP contribution is -2.04. The number of halogens is 2. The van der Waals surface area contributed by atoms with Gasteiger partial charge in [0.15, 0.2) is 11.6 Å². The van der Waals surface area contributed by atoms with Crippen molar-refractivity contribution in [3.8, 4) is 0 Å². The van der Waals surface area contributed by atoms with Crippen molar-refractivity contribution in [2.24, 2.45) is 0 Å². The van der Waals surface area contributed by atoms with E-state index >= 15 is 0 Å². The molecule has 1 aromatic heterocycles. The predicted octanol–water partition coefficient (Wildman–Crippen LogP) is 4.41. The Labute approximate surface area is 120 Å². The van der Waals surface area contributed by atoms with Crippen LogP contribution in [0, 0.1) is 25.5 Å². The highest BCUT2D eigenvalue weighted by atomic mass is 19.2. The normalized spacial score (nSPS) is 12.8. The van der Waals surface area contributed by atoms with Gasteiger partial charge in [0.25, 0.3) is 0 Å². The van der Waals surface area contributed by atoms with Crippen LogP contribution in [0.3, 0.4) is 0 Å². The lowest BCUT2D eigenvalue weighted by atomic mass is 10.0. The van der Waals surface area contributed by atoms with Crippen molar-refractivity contribution in [1.82, 2.24) is 0 Å². The van der Waals surface area contributed by atoms with Gasteiger partial charge in [0, 0.05) is 10.9 Å². The summed E-state index contributed by atoms with van der Waals surface area (Å²) in [5, 5.41) is 11.1. The van der Waals surface area contributed by atoms with Crippen LogP contribution in [0.1, 0.15) is 28.6 Å². The molecule has 0 spiro atoms. The maximum atomic E-state index is 13.9. The molecule has 3 aromatic rings. The zero-order valence-corrected chi connectivity index (χ0v) is 11.7. The van der Waals surface area contributed by atoms with Gasteiger partial charge in [0.1, 0.15) is 17.4 Å². The van der Waals surface area contributed by atoms with Crippen LogP contribution in [0.4, 0.5) is 8.78 Å². The van der Waals surface area contributed by atoms with Gasteiger partial charge < -0.3 is 9.52 Å². The number of aliphatic hydroxyl groups excluding tert-OH is 1. The smallest absolute Gasteiger partial charge is 0.165 e. The number of benzene rings is 2. The summed E-state index contributed by atoms with van der Waals surface area (Å²) < 4.78 is 33.1. The molecule has 21 heavy (non-hydrogen) atoms. The van der Waals surface area contributed by atoms with Gasteiger partial charge in [0.05, 0.1) is 0 Å². The van der Waals surface area contributed by atoms with Crippen molar-refractivity contribution >= 4 is 11.0 Å². The highest BCUT2D eigenvalue weighted by Gasteiger charge is 2.22. The Hall–Kier alpha value is -2.20. The fourth-order valence-corrected chi connectivity index (χ4v) is 2.34. The standard InChI is InChI=1S/C17H14F2O2/c1-9-3-6-13-11(7-9)8-14(21-13)17(20)12-5-4-10(2)15(18)16(12)19/h3-8,17,20H,1-2H3. The Morgan fingerprint density at radius 1 is 1.00 bits per heavy atom. The maximum Gasteiger partial charge on any atom is 0.165 e. The minimum atomic E-state index is -1.34. The molecule has 0 radical (unpaired) electrons. The van der Waals surface area contributed by atoms with Crippen LogP contribution in [0.15, 0.2) is 40.8 Å². The summed E-state index contributed by atoms with van der Waals surface area (Å²) in [5.74, 6) is -1.80. The number of aryl methyl sites for hydroxylation is 2. The van der Waals surface area contributed by atoms with E-state index in [1.54, 1.807) is 12.1 Å². The third-order valence-electron chi connectivity index (χ3n) is 3.56. The van der Waals surface area contributed by atoms with E-state index in [1.807, 2.05) is 19.1 Å². The van der Waals surface area contributed by atoms with Crippen LogP contribution in [0.25, 0.3) is 11.0 Å². The molecule has 0 saturated heterocycles. The number of hydrogen-bond donors (Lipinski definition) is 1. The third kappa shape index (κ3) is 2.32. The van der Waals surface area contributed by atoms with Crippen LogP contribution in [0.2, 0.25) is 0 Å². The molecular formula is C17H14F2O2. The second-order valence-corrected chi connectivity index (χ2v) is 5.19. The molecule has 4 heteroatoms. The summed E-state index contributed by atoms with van der Waals surface area (Å²) in [6.45, 7) is 3.41. The number of fused-ring (bicyclic) bond motifs is 1. The number of furan rings is 1. The fraction of sp³-hybridized carbons (Fsp3) is 0.176. The van der Waals surface area contributed by atoms with Gasteiger partial charge in [-0.1, -0.05) is 23.8 Å². The third-order valence-corrected chi connectivity index (χ3v) is 3.56. The number of rotatable bonds is 2. The summed E-state index contributed by atoms with van der Waals surface area (Å²) in [6.07, 6.45) is -1.34. The second-order valence-electron chi connectivity index (χ2n) is 5.19. The largest absolute Gasteiger partial charge is 0.458 e. The molecule has 108 valence electrons. The summed E-state index contributed by atoms with van der Waals surface area (Å²) in [6, 6.07) is 10.0. The van der Waals surface area contributed by atoms with Crippen molar-refractivity contribution in [2.45, 2.75) is 20.0 Å². The summed E-state index contributed by atoms with van der Waals surface area (Å²) in [4.78, 5) is 0. The number of hydrogen-bond acceptors (Lipinski definition) is 2. The molecule has 2 aromatic carbocycles. The SMILES string of the molecule is Cc1ccc2oc(C(O)c3ccc(C)c(F)c3F)cc2c1. The molecule has 0 aliphatic carbocycles. The van der Waals surface area contributed by atoms with Crippen LogP contribution in [0.5, 0.6) is 0 Å². The van der Waals surface area contributed by atoms with Crippen molar-refractivity contribution in [2.75, 3.05) is 0 Å². The van der Waals surface area contributed by atoms with Gasteiger partial charge in [-0.25, -0.2) is 8.78 Å². The monoisotopic (exact) mass is 288 g/mol. The average Bonchev–Trinajstić information content (AvgIpc) is 2.87. The lowest BCUT2D eigenvalue weighted by molar-refractivity contribution is 0.186. The quantitative estimate of drug-likeness (QED) is 0.757. The summed E-state index contributed by atoms with van der Waals surface area (Å²) in [7, 11) is 0. The first-order valence-corrected chi connectivity index (χ1v) is 6.60. The van der Waals surface area contributed by atoms with Gasteiger partial charge in [0.2, 0.25) is 0 Å². The zero-order valence-electron chi connectivity index (χ0n) is 11.7. The Bertz CT molecular complexity index is 821. The lowest BCUT2D eigenvalue weighted by Gasteiger charge is -2.10. The van der Waals surface area contributed by atoms with Gasteiger partial charge in [-0.15, -0.1) is 0 Å². The molecule has 1 unspecified atom stereocenters. The molecule has 1 atom stereocenters. The molecule has 0 amide bonds. The minimum Gasteiger partial charge on any atom is -0.458 e. The fourth-order valence-electron chi connectivity index (χ4n) is 2.34. The van der Waals surface area contributed by atoms with Crippen molar-refractivity contribution in [3.05, 3.63) is 70.5 Å². The average molecular weight is 288 g/mol. The van der Waals surface area contributed by atoms with Gasteiger partial charge in [-0.2, -0.15) is 0 Å². The molecule has 0 saturated carbocycles. The van der Waals surface area contributed by atoms with Crippen molar-refractivity contribution < 1.29 is 18.3 Å². The van der Waals surface area contributed by atoms with Crippen LogP contribution in [-0.4, -0.2) is 5.11 Å². The van der Waals surface area contributed by atoms with E-state index in [4.69, 9.17) is 4.42 Å². The first-order chi connectivity index (χ1) is 9.97. The van der Waals surface area contributed by atoms with E-state index in [0.717, 1.165) is 10.9 Å². The predicted molar refractivity (Wildman–Crippen MR) is 76.1 cm³/mol. The van der Waals surface area contributed by atoms with Crippen molar-refractivity contribution in [1.29, 1.82) is 0 Å². The molecule has 0 aliphatic rings. The molecule has 0 fully saturated rings. The highest BCUT2D eigenvalue weighted by molar-refractivity contribution is 5.78.